The molecule has 7 heteroatoms. The molecule has 0 bridgehead atoms. The number of nitrogens with one attached hydrogen (secondary N) is 1. The molecule has 0 aliphatic carbocycles. The highest BCUT2D eigenvalue weighted by Gasteiger charge is 2.18. The summed E-state index contributed by atoms with van der Waals surface area (Å²) in [7, 11) is 1.62. The Labute approximate surface area is 151 Å². The van der Waals surface area contributed by atoms with E-state index in [2.05, 4.69) is 20.3 Å². The predicted octanol–water partition coefficient (Wildman–Crippen LogP) is 2.81. The van der Waals surface area contributed by atoms with Crippen LogP contribution in [-0.2, 0) is 6.42 Å². The van der Waals surface area contributed by atoms with Gasteiger partial charge in [-0.1, -0.05) is 0 Å². The van der Waals surface area contributed by atoms with Gasteiger partial charge in [-0.25, -0.2) is 15.0 Å². The maximum atomic E-state index is 12.4. The number of hydrogen-bond acceptors (Lipinski definition) is 6. The van der Waals surface area contributed by atoms with Crippen molar-refractivity contribution in [2.24, 2.45) is 0 Å². The lowest BCUT2D eigenvalue weighted by Crippen LogP contribution is -2.25. The quantitative estimate of drug-likeness (QED) is 0.658. The van der Waals surface area contributed by atoms with Gasteiger partial charge in [-0.3, -0.25) is 4.79 Å². The number of benzene rings is 1. The van der Waals surface area contributed by atoms with Crippen LogP contribution in [0.5, 0.6) is 5.75 Å². The van der Waals surface area contributed by atoms with Crippen molar-refractivity contribution in [2.75, 3.05) is 13.7 Å². The number of hydrogen-bond donors (Lipinski definition) is 1. The molecule has 0 saturated heterocycles. The summed E-state index contributed by atoms with van der Waals surface area (Å²) in [5.74, 6) is 0.970. The number of oxazole rings is 1. The van der Waals surface area contributed by atoms with Crippen molar-refractivity contribution in [3.05, 3.63) is 60.1 Å². The Balaban J connectivity index is 1.62. The van der Waals surface area contributed by atoms with Gasteiger partial charge in [0.25, 0.3) is 5.91 Å². The third kappa shape index (κ3) is 4.05. The number of amides is 1. The highest BCUT2D eigenvalue weighted by atomic mass is 16.5. The average Bonchev–Trinajstić information content (AvgIpc) is 3.16. The fraction of sp³-hybridized carbons (Fsp3) is 0.263. The van der Waals surface area contributed by atoms with Gasteiger partial charge >= 0.3 is 0 Å². The monoisotopic (exact) mass is 352 g/mol. The molecule has 0 aliphatic rings. The van der Waals surface area contributed by atoms with Crippen molar-refractivity contribution < 1.29 is 13.9 Å². The molecule has 3 rings (SSSR count). The molecule has 2 aromatic heterocycles. The summed E-state index contributed by atoms with van der Waals surface area (Å²) in [4.78, 5) is 24.6. The summed E-state index contributed by atoms with van der Waals surface area (Å²) in [6.07, 6.45) is 6.06. The molecule has 1 aromatic carbocycles. The summed E-state index contributed by atoms with van der Waals surface area (Å²) in [6.45, 7) is 2.46. The number of nitrogens with zero attached hydrogens (tertiary/aromatic N) is 3. The van der Waals surface area contributed by atoms with Gasteiger partial charge in [0.15, 0.2) is 17.8 Å². The summed E-state index contributed by atoms with van der Waals surface area (Å²) in [5.41, 5.74) is 2.96. The highest BCUT2D eigenvalue weighted by molar-refractivity contribution is 5.97. The number of carbonyl (C=O) groups excluding carboxylic acids is 1. The van der Waals surface area contributed by atoms with Crippen LogP contribution in [0, 0.1) is 6.92 Å². The molecule has 0 spiro atoms. The Hall–Kier alpha value is -3.22. The number of ether oxygens (including phenoxy) is 1. The molecule has 0 fully saturated rings. The average molecular weight is 352 g/mol. The van der Waals surface area contributed by atoms with Crippen LogP contribution in [0.3, 0.4) is 0 Å². The Bertz CT molecular complexity index is 878. The van der Waals surface area contributed by atoms with Crippen LogP contribution in [0.4, 0.5) is 0 Å². The van der Waals surface area contributed by atoms with Crippen molar-refractivity contribution in [1.29, 1.82) is 0 Å². The van der Waals surface area contributed by atoms with Crippen molar-refractivity contribution in [3.8, 4) is 17.1 Å². The minimum Gasteiger partial charge on any atom is -0.496 e. The zero-order chi connectivity index (χ0) is 18.4. The largest absolute Gasteiger partial charge is 0.496 e. The lowest BCUT2D eigenvalue weighted by atomic mass is 10.1. The fourth-order valence-corrected chi connectivity index (χ4v) is 2.65. The Morgan fingerprint density at radius 1 is 1.27 bits per heavy atom. The predicted molar refractivity (Wildman–Crippen MR) is 95.9 cm³/mol. The molecule has 2 heterocycles. The first-order valence-corrected chi connectivity index (χ1v) is 8.30. The number of methoxy groups -OCH3 is 1. The number of aryl methyl sites for hydroxylation is 2. The van der Waals surface area contributed by atoms with Gasteiger partial charge in [-0.05, 0) is 49.6 Å². The van der Waals surface area contributed by atoms with E-state index in [1.807, 2.05) is 31.2 Å². The molecular weight excluding hydrogens is 332 g/mol. The van der Waals surface area contributed by atoms with E-state index in [-0.39, 0.29) is 11.6 Å². The summed E-state index contributed by atoms with van der Waals surface area (Å²) in [5, 5.41) is 2.87. The van der Waals surface area contributed by atoms with Gasteiger partial charge in [0.05, 0.1) is 7.11 Å². The van der Waals surface area contributed by atoms with Gasteiger partial charge in [0.2, 0.25) is 0 Å². The Morgan fingerprint density at radius 3 is 2.88 bits per heavy atom. The van der Waals surface area contributed by atoms with Gasteiger partial charge < -0.3 is 14.5 Å². The van der Waals surface area contributed by atoms with Crippen molar-refractivity contribution in [2.45, 2.75) is 19.8 Å². The van der Waals surface area contributed by atoms with Crippen molar-refractivity contribution in [1.82, 2.24) is 20.3 Å². The second-order valence-corrected chi connectivity index (χ2v) is 5.77. The Morgan fingerprint density at radius 2 is 2.15 bits per heavy atom. The molecule has 0 saturated carbocycles. The molecule has 1 amide bonds. The van der Waals surface area contributed by atoms with E-state index in [0.717, 1.165) is 35.4 Å². The minimum absolute atomic E-state index is 0.259. The molecule has 1 N–H and O–H groups in total. The van der Waals surface area contributed by atoms with Crippen LogP contribution in [0.15, 0.2) is 47.6 Å². The third-order valence-corrected chi connectivity index (χ3v) is 3.98. The molecule has 0 unspecified atom stereocenters. The van der Waals surface area contributed by atoms with E-state index >= 15 is 0 Å². The van der Waals surface area contributed by atoms with E-state index in [1.165, 1.54) is 12.7 Å². The SMILES string of the molecule is COc1ccc(-c2ocnc2C(=O)NCCCc2ccncn2)cc1C. The molecule has 134 valence electrons. The van der Waals surface area contributed by atoms with Gasteiger partial charge in [-0.15, -0.1) is 0 Å². The van der Waals surface area contributed by atoms with Gasteiger partial charge in [0, 0.05) is 24.0 Å². The summed E-state index contributed by atoms with van der Waals surface area (Å²) in [6, 6.07) is 7.46. The maximum absolute atomic E-state index is 12.4. The standard InChI is InChI=1S/C19H20N4O3/c1-13-10-14(5-6-16(13)25-2)18-17(23-12-26-18)19(24)21-8-3-4-15-7-9-20-11-22-15/h5-7,9-12H,3-4,8H2,1-2H3,(H,21,24). The van der Waals surface area contributed by atoms with Crippen LogP contribution >= 0.6 is 0 Å². The van der Waals surface area contributed by atoms with E-state index in [4.69, 9.17) is 9.15 Å². The summed E-state index contributed by atoms with van der Waals surface area (Å²) >= 11 is 0. The molecule has 7 nitrogen and oxygen atoms in total. The lowest BCUT2D eigenvalue weighted by Gasteiger charge is -2.07. The molecule has 0 radical (unpaired) electrons. The molecule has 0 aliphatic heterocycles. The second kappa shape index (κ2) is 8.24. The lowest BCUT2D eigenvalue weighted by molar-refractivity contribution is 0.0949. The van der Waals surface area contributed by atoms with E-state index < -0.39 is 0 Å². The smallest absolute Gasteiger partial charge is 0.273 e. The summed E-state index contributed by atoms with van der Waals surface area (Å²) < 4.78 is 10.7. The number of rotatable bonds is 7. The molecule has 26 heavy (non-hydrogen) atoms. The zero-order valence-corrected chi connectivity index (χ0v) is 14.7. The Kier molecular flexibility index (Phi) is 5.58. The van der Waals surface area contributed by atoms with E-state index in [1.54, 1.807) is 13.3 Å². The minimum atomic E-state index is -0.259. The van der Waals surface area contributed by atoms with Crippen molar-refractivity contribution >= 4 is 5.91 Å². The topological polar surface area (TPSA) is 90.1 Å². The molecule has 0 atom stereocenters. The van der Waals surface area contributed by atoms with E-state index in [0.29, 0.717) is 12.3 Å². The fourth-order valence-electron chi connectivity index (χ4n) is 2.65. The first-order valence-electron chi connectivity index (χ1n) is 8.30. The first kappa shape index (κ1) is 17.6. The molecule has 3 aromatic rings. The van der Waals surface area contributed by atoms with Gasteiger partial charge in [-0.2, -0.15) is 0 Å². The van der Waals surface area contributed by atoms with Crippen LogP contribution < -0.4 is 10.1 Å². The second-order valence-electron chi connectivity index (χ2n) is 5.77. The van der Waals surface area contributed by atoms with Crippen LogP contribution in [-0.4, -0.2) is 34.5 Å². The normalized spacial score (nSPS) is 10.5. The van der Waals surface area contributed by atoms with Crippen molar-refractivity contribution in [3.63, 3.8) is 0 Å². The van der Waals surface area contributed by atoms with E-state index in [9.17, 15) is 4.79 Å². The van der Waals surface area contributed by atoms with Crippen LogP contribution in [0.2, 0.25) is 0 Å². The van der Waals surface area contributed by atoms with Gasteiger partial charge in [0.1, 0.15) is 12.1 Å². The highest BCUT2D eigenvalue weighted by Crippen LogP contribution is 2.28. The van der Waals surface area contributed by atoms with Crippen LogP contribution in [0.25, 0.3) is 11.3 Å². The zero-order valence-electron chi connectivity index (χ0n) is 14.7. The third-order valence-electron chi connectivity index (χ3n) is 3.98. The van der Waals surface area contributed by atoms with Crippen LogP contribution in [0.1, 0.15) is 28.2 Å². The maximum Gasteiger partial charge on any atom is 0.273 e. The number of aromatic nitrogens is 3. The number of carbonyl (C=O) groups is 1. The molecular formula is C19H20N4O3. The first-order chi connectivity index (χ1) is 12.7.